The lowest BCUT2D eigenvalue weighted by atomic mass is 10.2. The van der Waals surface area contributed by atoms with Crippen LogP contribution in [-0.4, -0.2) is 19.3 Å². The Kier molecular flexibility index (Phi) is 8.87. The monoisotopic (exact) mass is 282 g/mol. The van der Waals surface area contributed by atoms with E-state index in [1.165, 1.54) is 0 Å². The smallest absolute Gasteiger partial charge is 0.308 e. The fourth-order valence-corrected chi connectivity index (χ4v) is 3.43. The van der Waals surface area contributed by atoms with Crippen LogP contribution in [0.1, 0.15) is 48.0 Å². The van der Waals surface area contributed by atoms with Crippen molar-refractivity contribution in [2.45, 2.75) is 54.1 Å². The summed E-state index contributed by atoms with van der Waals surface area (Å²) in [6.45, 7) is 11.0. The maximum absolute atomic E-state index is 5.77. The fourth-order valence-electron chi connectivity index (χ4n) is 0.874. The predicted molar refractivity (Wildman–Crippen MR) is 76.7 cm³/mol. The van der Waals surface area contributed by atoms with Crippen molar-refractivity contribution in [3.8, 4) is 0 Å². The van der Waals surface area contributed by atoms with Gasteiger partial charge in [0.1, 0.15) is 0 Å². The van der Waals surface area contributed by atoms with Gasteiger partial charge in [0.2, 0.25) is 0 Å². The number of hydrogen-bond donors (Lipinski definition) is 0. The first-order valence-electron chi connectivity index (χ1n) is 6.36. The summed E-state index contributed by atoms with van der Waals surface area (Å²) in [6.07, 6.45) is 0.995. The molecule has 0 aliphatic heterocycles. The van der Waals surface area contributed by atoms with Gasteiger partial charge in [-0.2, -0.15) is 0 Å². The molecule has 0 aromatic heterocycles. The molecule has 0 aromatic carbocycles. The van der Waals surface area contributed by atoms with Crippen LogP contribution in [0.4, 0.5) is 0 Å². The van der Waals surface area contributed by atoms with E-state index in [0.717, 1.165) is 6.42 Å². The van der Waals surface area contributed by atoms with Gasteiger partial charge in [0.25, 0.3) is 0 Å². The number of hydrogen-bond acceptors (Lipinski definition) is 4. The largest absolute Gasteiger partial charge is 0.327 e. The Hall–Kier alpha value is 0.530. The van der Waals surface area contributed by atoms with Crippen molar-refractivity contribution >= 4 is 18.5 Å². The highest BCUT2D eigenvalue weighted by Crippen LogP contribution is 2.51. The van der Waals surface area contributed by atoms with E-state index in [0.29, 0.717) is 25.0 Å². The van der Waals surface area contributed by atoms with E-state index >= 15 is 0 Å². The average molecular weight is 282 g/mol. The van der Waals surface area contributed by atoms with Crippen molar-refractivity contribution in [2.24, 2.45) is 11.8 Å². The lowest BCUT2D eigenvalue weighted by Crippen LogP contribution is -2.12. The minimum Gasteiger partial charge on any atom is -0.308 e. The Morgan fingerprint density at radius 1 is 0.941 bits per heavy atom. The maximum atomic E-state index is 5.77. The van der Waals surface area contributed by atoms with E-state index < -0.39 is 6.72 Å². The molecule has 0 fully saturated rings. The van der Waals surface area contributed by atoms with Crippen LogP contribution in [0.3, 0.4) is 0 Å². The quantitative estimate of drug-likeness (QED) is 0.587. The van der Waals surface area contributed by atoms with Crippen molar-refractivity contribution in [3.63, 3.8) is 0 Å². The maximum Gasteiger partial charge on any atom is 0.327 e. The average Bonchev–Trinajstić information content (AvgIpc) is 2.24. The van der Waals surface area contributed by atoms with Crippen molar-refractivity contribution in [2.75, 3.05) is 13.2 Å². The molecule has 0 N–H and O–H groups in total. The van der Waals surface area contributed by atoms with Gasteiger partial charge in [0, 0.05) is 0 Å². The van der Waals surface area contributed by atoms with Gasteiger partial charge < -0.3 is 13.6 Å². The van der Waals surface area contributed by atoms with Gasteiger partial charge in [-0.15, -0.1) is 0 Å². The molecule has 1 unspecified atom stereocenters. The fraction of sp³-hybridized carbons (Fsp3) is 1.00. The molecular formula is C12H27O3PS. The lowest BCUT2D eigenvalue weighted by molar-refractivity contribution is 0.106. The van der Waals surface area contributed by atoms with Crippen LogP contribution >= 0.6 is 6.72 Å². The van der Waals surface area contributed by atoms with E-state index in [1.807, 2.05) is 6.92 Å². The minimum absolute atomic E-state index is 0.0835. The summed E-state index contributed by atoms with van der Waals surface area (Å²) in [6, 6.07) is 0. The van der Waals surface area contributed by atoms with Crippen LogP contribution in [0.5, 0.6) is 0 Å². The Morgan fingerprint density at radius 2 is 1.35 bits per heavy atom. The van der Waals surface area contributed by atoms with Crippen molar-refractivity contribution in [1.82, 2.24) is 0 Å². The van der Waals surface area contributed by atoms with Crippen LogP contribution in [0.2, 0.25) is 0 Å². The first kappa shape index (κ1) is 17.5. The normalized spacial score (nSPS) is 14.6. The minimum atomic E-state index is -2.57. The second kappa shape index (κ2) is 8.60. The molecule has 0 saturated carbocycles. The lowest BCUT2D eigenvalue weighted by Gasteiger charge is -2.26. The van der Waals surface area contributed by atoms with Crippen LogP contribution < -0.4 is 0 Å². The van der Waals surface area contributed by atoms with Crippen LogP contribution in [-0.2, 0) is 25.4 Å². The van der Waals surface area contributed by atoms with E-state index in [9.17, 15) is 0 Å². The molecule has 0 spiro atoms. The molecule has 0 heterocycles. The molecule has 17 heavy (non-hydrogen) atoms. The Labute approximate surface area is 111 Å². The molecule has 0 rings (SSSR count). The predicted octanol–water partition coefficient (Wildman–Crippen LogP) is 4.37. The van der Waals surface area contributed by atoms with Gasteiger partial charge in [-0.1, -0.05) is 34.6 Å². The summed E-state index contributed by atoms with van der Waals surface area (Å²) in [7, 11) is 0. The van der Waals surface area contributed by atoms with Gasteiger partial charge >= 0.3 is 6.72 Å². The first-order valence-corrected chi connectivity index (χ1v) is 8.92. The molecule has 3 nitrogen and oxygen atoms in total. The third-order valence-corrected chi connectivity index (χ3v) is 4.46. The summed E-state index contributed by atoms with van der Waals surface area (Å²) in [5.74, 6) is 0.862. The Morgan fingerprint density at radius 3 is 1.65 bits per heavy atom. The Bertz CT molecular complexity index is 228. The zero-order valence-corrected chi connectivity index (χ0v) is 13.6. The molecule has 0 radical (unpaired) electrons. The second-order valence-electron chi connectivity index (χ2n) is 5.15. The van der Waals surface area contributed by atoms with E-state index in [-0.39, 0.29) is 6.10 Å². The third kappa shape index (κ3) is 9.15. The molecular weight excluding hydrogens is 255 g/mol. The van der Waals surface area contributed by atoms with Crippen LogP contribution in [0.25, 0.3) is 0 Å². The summed E-state index contributed by atoms with van der Waals surface area (Å²) >= 11 is 5.43. The summed E-state index contributed by atoms with van der Waals surface area (Å²) in [5.41, 5.74) is 0. The SMILES string of the molecule is CCC(C)OP(=S)(OCC(C)C)OCC(C)C. The van der Waals surface area contributed by atoms with Crippen molar-refractivity contribution in [3.05, 3.63) is 0 Å². The Balaban J connectivity index is 4.39. The molecule has 0 aromatic rings. The first-order chi connectivity index (χ1) is 7.79. The standard InChI is InChI=1S/C12H27O3PS/c1-7-12(6)15-16(17,13-8-10(2)3)14-9-11(4)5/h10-12H,7-9H2,1-6H3. The molecule has 0 aliphatic carbocycles. The van der Waals surface area contributed by atoms with Gasteiger partial charge in [0.15, 0.2) is 0 Å². The van der Waals surface area contributed by atoms with Crippen LogP contribution in [0.15, 0.2) is 0 Å². The topological polar surface area (TPSA) is 27.7 Å². The second-order valence-corrected chi connectivity index (χ2v) is 8.11. The van der Waals surface area contributed by atoms with Crippen molar-refractivity contribution < 1.29 is 13.6 Å². The van der Waals surface area contributed by atoms with Gasteiger partial charge in [-0.05, 0) is 37.0 Å². The van der Waals surface area contributed by atoms with E-state index in [1.54, 1.807) is 0 Å². The molecule has 1 atom stereocenters. The highest BCUT2D eigenvalue weighted by Gasteiger charge is 2.24. The molecule has 0 saturated heterocycles. The third-order valence-electron chi connectivity index (χ3n) is 2.02. The van der Waals surface area contributed by atoms with E-state index in [4.69, 9.17) is 25.4 Å². The van der Waals surface area contributed by atoms with E-state index in [2.05, 4.69) is 34.6 Å². The molecule has 0 aliphatic rings. The van der Waals surface area contributed by atoms with Crippen LogP contribution in [0, 0.1) is 11.8 Å². The highest BCUT2D eigenvalue weighted by atomic mass is 32.5. The molecule has 104 valence electrons. The molecule has 0 bridgehead atoms. The van der Waals surface area contributed by atoms with Gasteiger partial charge in [0.05, 0.1) is 19.3 Å². The van der Waals surface area contributed by atoms with Crippen molar-refractivity contribution in [1.29, 1.82) is 0 Å². The highest BCUT2D eigenvalue weighted by molar-refractivity contribution is 8.07. The number of rotatable bonds is 9. The van der Waals surface area contributed by atoms with Gasteiger partial charge in [-0.3, -0.25) is 0 Å². The summed E-state index contributed by atoms with van der Waals surface area (Å²) in [4.78, 5) is 0. The zero-order valence-electron chi connectivity index (χ0n) is 11.9. The summed E-state index contributed by atoms with van der Waals surface area (Å²) in [5, 5.41) is 0. The van der Waals surface area contributed by atoms with Gasteiger partial charge in [-0.25, -0.2) is 0 Å². The zero-order chi connectivity index (χ0) is 13.5. The molecule has 5 heteroatoms. The summed E-state index contributed by atoms with van der Waals surface area (Å²) < 4.78 is 17.2. The molecule has 0 amide bonds.